The van der Waals surface area contributed by atoms with Crippen LogP contribution < -0.4 is 15.4 Å². The molecule has 2 fully saturated rings. The fourth-order valence-electron chi connectivity index (χ4n) is 3.27. The first-order chi connectivity index (χ1) is 14.9. The van der Waals surface area contributed by atoms with Crippen molar-refractivity contribution < 1.29 is 18.0 Å². The molecule has 164 valence electrons. The SMILES string of the molecule is O=C(NC(Cc1ccccc1)C(=O)NC1CC1)c1cccc(S(=O)(=O)NCC2CC2)c1. The zero-order chi connectivity index (χ0) is 21.8. The molecule has 8 heteroatoms. The topological polar surface area (TPSA) is 104 Å². The Bertz CT molecular complexity index is 1050. The minimum Gasteiger partial charge on any atom is -0.352 e. The maximum atomic E-state index is 12.9. The maximum absolute atomic E-state index is 12.9. The van der Waals surface area contributed by atoms with Gasteiger partial charge in [-0.3, -0.25) is 9.59 Å². The monoisotopic (exact) mass is 441 g/mol. The molecule has 2 aromatic rings. The summed E-state index contributed by atoms with van der Waals surface area (Å²) in [6.07, 6.45) is 4.33. The number of rotatable bonds is 10. The van der Waals surface area contributed by atoms with Gasteiger partial charge in [-0.25, -0.2) is 13.1 Å². The van der Waals surface area contributed by atoms with Gasteiger partial charge in [0.2, 0.25) is 15.9 Å². The Kier molecular flexibility index (Phi) is 6.38. The van der Waals surface area contributed by atoms with Gasteiger partial charge >= 0.3 is 0 Å². The quantitative estimate of drug-likeness (QED) is 0.524. The molecule has 0 spiro atoms. The highest BCUT2D eigenvalue weighted by Crippen LogP contribution is 2.28. The molecule has 31 heavy (non-hydrogen) atoms. The molecule has 3 N–H and O–H groups in total. The molecule has 1 unspecified atom stereocenters. The Hall–Kier alpha value is -2.71. The number of amides is 2. The van der Waals surface area contributed by atoms with E-state index < -0.39 is 22.0 Å². The van der Waals surface area contributed by atoms with Gasteiger partial charge in [0.05, 0.1) is 4.90 Å². The van der Waals surface area contributed by atoms with Crippen molar-refractivity contribution in [2.75, 3.05) is 6.54 Å². The van der Waals surface area contributed by atoms with Crippen LogP contribution in [-0.4, -0.2) is 38.9 Å². The van der Waals surface area contributed by atoms with Gasteiger partial charge in [-0.1, -0.05) is 36.4 Å². The van der Waals surface area contributed by atoms with Gasteiger partial charge in [0.25, 0.3) is 5.91 Å². The van der Waals surface area contributed by atoms with E-state index >= 15 is 0 Å². The predicted molar refractivity (Wildman–Crippen MR) is 117 cm³/mol. The molecular weight excluding hydrogens is 414 g/mol. The summed E-state index contributed by atoms with van der Waals surface area (Å²) in [5, 5.41) is 5.73. The van der Waals surface area contributed by atoms with E-state index in [2.05, 4.69) is 15.4 Å². The van der Waals surface area contributed by atoms with Gasteiger partial charge in [0.1, 0.15) is 6.04 Å². The first-order valence-corrected chi connectivity index (χ1v) is 12.1. The second-order valence-electron chi connectivity index (χ2n) is 8.32. The Balaban J connectivity index is 1.47. The second kappa shape index (κ2) is 9.20. The van der Waals surface area contributed by atoms with Crippen molar-refractivity contribution in [1.29, 1.82) is 0 Å². The van der Waals surface area contributed by atoms with Gasteiger partial charge in [-0.05, 0) is 55.4 Å². The van der Waals surface area contributed by atoms with Crippen LogP contribution in [0, 0.1) is 5.92 Å². The molecule has 2 saturated carbocycles. The van der Waals surface area contributed by atoms with E-state index in [9.17, 15) is 18.0 Å². The molecule has 2 aliphatic rings. The van der Waals surface area contributed by atoms with E-state index in [1.807, 2.05) is 30.3 Å². The molecule has 1 atom stereocenters. The number of carbonyl (C=O) groups excluding carboxylic acids is 2. The van der Waals surface area contributed by atoms with E-state index in [0.29, 0.717) is 18.9 Å². The molecule has 2 aliphatic carbocycles. The zero-order valence-corrected chi connectivity index (χ0v) is 18.0. The Labute approximate surface area is 182 Å². The largest absolute Gasteiger partial charge is 0.352 e. The Morgan fingerprint density at radius 2 is 1.71 bits per heavy atom. The molecule has 0 heterocycles. The van der Waals surface area contributed by atoms with E-state index in [0.717, 1.165) is 31.2 Å². The number of hydrogen-bond acceptors (Lipinski definition) is 4. The van der Waals surface area contributed by atoms with Crippen LogP contribution in [0.5, 0.6) is 0 Å². The molecule has 0 radical (unpaired) electrons. The van der Waals surface area contributed by atoms with Crippen LogP contribution in [0.3, 0.4) is 0 Å². The van der Waals surface area contributed by atoms with Crippen molar-refractivity contribution in [3.63, 3.8) is 0 Å². The number of benzene rings is 2. The average Bonchev–Trinajstić information content (AvgIpc) is 3.68. The van der Waals surface area contributed by atoms with Gasteiger partial charge in [0.15, 0.2) is 0 Å². The molecule has 2 aromatic carbocycles. The van der Waals surface area contributed by atoms with Gasteiger partial charge in [-0.15, -0.1) is 0 Å². The van der Waals surface area contributed by atoms with E-state index in [4.69, 9.17) is 0 Å². The van der Waals surface area contributed by atoms with Crippen molar-refractivity contribution in [1.82, 2.24) is 15.4 Å². The van der Waals surface area contributed by atoms with Gasteiger partial charge < -0.3 is 10.6 Å². The fraction of sp³-hybridized carbons (Fsp3) is 0.391. The Morgan fingerprint density at radius 3 is 2.39 bits per heavy atom. The lowest BCUT2D eigenvalue weighted by atomic mass is 10.0. The third-order valence-electron chi connectivity index (χ3n) is 5.49. The molecule has 0 aliphatic heterocycles. The van der Waals surface area contributed by atoms with Gasteiger partial charge in [-0.2, -0.15) is 0 Å². The second-order valence-corrected chi connectivity index (χ2v) is 10.1. The normalized spacial score (nSPS) is 17.0. The number of hydrogen-bond donors (Lipinski definition) is 3. The summed E-state index contributed by atoms with van der Waals surface area (Å²) < 4.78 is 27.7. The van der Waals surface area contributed by atoms with Gasteiger partial charge in [0, 0.05) is 24.6 Å². The zero-order valence-electron chi connectivity index (χ0n) is 17.2. The molecule has 0 saturated heterocycles. The number of nitrogens with one attached hydrogen (secondary N) is 3. The summed E-state index contributed by atoms with van der Waals surface area (Å²) in [7, 11) is -3.68. The highest BCUT2D eigenvalue weighted by Gasteiger charge is 2.29. The van der Waals surface area contributed by atoms with Crippen LogP contribution in [-0.2, 0) is 21.2 Å². The van der Waals surface area contributed by atoms with E-state index in [1.165, 1.54) is 18.2 Å². The molecular formula is C23H27N3O4S. The predicted octanol–water partition coefficient (Wildman–Crippen LogP) is 1.99. The third-order valence-corrected chi connectivity index (χ3v) is 6.91. The van der Waals surface area contributed by atoms with Crippen LogP contribution in [0.2, 0.25) is 0 Å². The molecule has 0 aromatic heterocycles. The fourth-order valence-corrected chi connectivity index (χ4v) is 4.43. The molecule has 0 bridgehead atoms. The first-order valence-electron chi connectivity index (χ1n) is 10.7. The first kappa shape index (κ1) is 21.5. The molecule has 4 rings (SSSR count). The lowest BCUT2D eigenvalue weighted by Crippen LogP contribution is -2.48. The number of carbonyl (C=O) groups is 2. The summed E-state index contributed by atoms with van der Waals surface area (Å²) >= 11 is 0. The summed E-state index contributed by atoms with van der Waals surface area (Å²) in [4.78, 5) is 25.7. The number of sulfonamides is 1. The van der Waals surface area contributed by atoms with Crippen molar-refractivity contribution in [2.24, 2.45) is 5.92 Å². The van der Waals surface area contributed by atoms with Crippen molar-refractivity contribution in [3.05, 3.63) is 65.7 Å². The van der Waals surface area contributed by atoms with Crippen LogP contribution in [0.1, 0.15) is 41.6 Å². The highest BCUT2D eigenvalue weighted by molar-refractivity contribution is 7.89. The van der Waals surface area contributed by atoms with Crippen LogP contribution >= 0.6 is 0 Å². The summed E-state index contributed by atoms with van der Waals surface area (Å²) in [5.41, 5.74) is 1.13. The van der Waals surface area contributed by atoms with Crippen molar-refractivity contribution in [3.8, 4) is 0 Å². The molecule has 7 nitrogen and oxygen atoms in total. The van der Waals surface area contributed by atoms with Crippen LogP contribution in [0.4, 0.5) is 0 Å². The average molecular weight is 442 g/mol. The van der Waals surface area contributed by atoms with Crippen molar-refractivity contribution in [2.45, 2.75) is 49.1 Å². The Morgan fingerprint density at radius 1 is 0.968 bits per heavy atom. The smallest absolute Gasteiger partial charge is 0.251 e. The minimum atomic E-state index is -3.68. The highest BCUT2D eigenvalue weighted by atomic mass is 32.2. The lowest BCUT2D eigenvalue weighted by Gasteiger charge is -2.19. The minimum absolute atomic E-state index is 0.0443. The van der Waals surface area contributed by atoms with Crippen LogP contribution in [0.25, 0.3) is 0 Å². The third kappa shape index (κ3) is 6.15. The summed E-state index contributed by atoms with van der Waals surface area (Å²) in [5.74, 6) is -0.300. The maximum Gasteiger partial charge on any atom is 0.251 e. The molecule has 2 amide bonds. The standard InChI is InChI=1S/C23H27N3O4S/c27-22(18-7-4-8-20(14-18)31(29,30)24-15-17-9-10-17)26-21(23(28)25-19-11-12-19)13-16-5-2-1-3-6-16/h1-8,14,17,19,21,24H,9-13,15H2,(H,25,28)(H,26,27). The van der Waals surface area contributed by atoms with E-state index in [-0.39, 0.29) is 22.4 Å². The lowest BCUT2D eigenvalue weighted by molar-refractivity contribution is -0.123. The summed E-state index contributed by atoms with van der Waals surface area (Å²) in [6.45, 7) is 0.416. The van der Waals surface area contributed by atoms with E-state index in [1.54, 1.807) is 6.07 Å². The van der Waals surface area contributed by atoms with Crippen molar-refractivity contribution >= 4 is 21.8 Å². The van der Waals surface area contributed by atoms with Crippen LogP contribution in [0.15, 0.2) is 59.5 Å². The summed E-state index contributed by atoms with van der Waals surface area (Å²) in [6, 6.07) is 14.8.